The molecule has 2 N–H and O–H groups in total. The molecule has 1 aromatic carbocycles. The number of rotatable bonds is 5. The average molecular weight is 280 g/mol. The highest BCUT2D eigenvalue weighted by molar-refractivity contribution is 5.21. The van der Waals surface area contributed by atoms with Crippen molar-refractivity contribution < 1.29 is 8.78 Å². The van der Waals surface area contributed by atoms with Crippen LogP contribution in [0.3, 0.4) is 0 Å². The van der Waals surface area contributed by atoms with Crippen molar-refractivity contribution in [3.8, 4) is 0 Å². The Hall–Kier alpha value is -1.82. The molecule has 1 atom stereocenters. The normalized spacial score (nSPS) is 12.9. The zero-order valence-corrected chi connectivity index (χ0v) is 11.6. The van der Waals surface area contributed by atoms with Gasteiger partial charge in [-0.25, -0.2) is 18.4 Å². The van der Waals surface area contributed by atoms with Crippen molar-refractivity contribution in [2.75, 3.05) is 0 Å². The van der Waals surface area contributed by atoms with Crippen LogP contribution in [0.1, 0.15) is 31.3 Å². The molecule has 0 saturated heterocycles. The van der Waals surface area contributed by atoms with Crippen molar-refractivity contribution in [3.05, 3.63) is 47.5 Å². The summed E-state index contributed by atoms with van der Waals surface area (Å²) in [5.74, 6) is -0.402. The van der Waals surface area contributed by atoms with E-state index in [-0.39, 0.29) is 18.0 Å². The molecule has 108 valence electrons. The number of hydrogen-bond donors (Lipinski definition) is 1. The number of hydrogen-bond acceptors (Lipinski definition) is 3. The van der Waals surface area contributed by atoms with Gasteiger partial charge in [-0.15, -0.1) is 0 Å². The second kappa shape index (κ2) is 6.09. The molecule has 0 aliphatic carbocycles. The molecule has 2 rings (SSSR count). The maximum Gasteiger partial charge on any atom is 0.138 e. The van der Waals surface area contributed by atoms with E-state index < -0.39 is 17.7 Å². The highest BCUT2D eigenvalue weighted by atomic mass is 19.1. The van der Waals surface area contributed by atoms with Crippen molar-refractivity contribution in [2.45, 2.75) is 38.8 Å². The Morgan fingerprint density at radius 2 is 1.85 bits per heavy atom. The van der Waals surface area contributed by atoms with Crippen LogP contribution in [0.2, 0.25) is 0 Å². The van der Waals surface area contributed by atoms with Gasteiger partial charge in [-0.2, -0.15) is 5.10 Å². The van der Waals surface area contributed by atoms with Crippen LogP contribution in [0.4, 0.5) is 8.78 Å². The molecule has 0 aliphatic heterocycles. The molecule has 4 nitrogen and oxygen atoms in total. The molecule has 2 aromatic rings. The summed E-state index contributed by atoms with van der Waals surface area (Å²) in [5, 5.41) is 4.11. The fourth-order valence-electron chi connectivity index (χ4n) is 2.15. The van der Waals surface area contributed by atoms with E-state index in [0.717, 1.165) is 5.82 Å². The van der Waals surface area contributed by atoms with Gasteiger partial charge < -0.3 is 5.73 Å². The molecule has 0 amide bonds. The quantitative estimate of drug-likeness (QED) is 0.914. The third-order valence-electron chi connectivity index (χ3n) is 3.11. The van der Waals surface area contributed by atoms with Crippen molar-refractivity contribution in [1.29, 1.82) is 0 Å². The zero-order valence-electron chi connectivity index (χ0n) is 11.6. The Bertz CT molecular complexity index is 560. The molecular weight excluding hydrogens is 262 g/mol. The van der Waals surface area contributed by atoms with Gasteiger partial charge >= 0.3 is 0 Å². The summed E-state index contributed by atoms with van der Waals surface area (Å²) < 4.78 is 28.9. The Kier molecular flexibility index (Phi) is 4.44. The Morgan fingerprint density at radius 3 is 2.45 bits per heavy atom. The van der Waals surface area contributed by atoms with Gasteiger partial charge in [0.2, 0.25) is 0 Å². The summed E-state index contributed by atoms with van der Waals surface area (Å²) in [7, 11) is 0. The minimum Gasteiger partial charge on any atom is -0.327 e. The number of halogens is 2. The number of aromatic nitrogens is 3. The first-order chi connectivity index (χ1) is 9.49. The van der Waals surface area contributed by atoms with E-state index in [1.54, 1.807) is 4.68 Å². The van der Waals surface area contributed by atoms with Crippen LogP contribution in [-0.4, -0.2) is 20.8 Å². The van der Waals surface area contributed by atoms with Crippen LogP contribution in [-0.2, 0) is 12.8 Å². The third-order valence-corrected chi connectivity index (χ3v) is 3.11. The molecule has 1 aromatic heterocycles. The number of nitrogens with zero attached hydrogens (tertiary/aromatic N) is 3. The lowest BCUT2D eigenvalue weighted by atomic mass is 10.0. The fourth-order valence-corrected chi connectivity index (χ4v) is 2.15. The van der Waals surface area contributed by atoms with E-state index in [0.29, 0.717) is 6.42 Å². The van der Waals surface area contributed by atoms with Gasteiger partial charge in [0.15, 0.2) is 0 Å². The fraction of sp³-hybridized carbons (Fsp3) is 0.429. The lowest BCUT2D eigenvalue weighted by Crippen LogP contribution is -2.28. The van der Waals surface area contributed by atoms with Gasteiger partial charge in [-0.1, -0.05) is 6.07 Å². The number of nitrogens with two attached hydrogens (primary N) is 1. The molecule has 0 saturated carbocycles. The second-order valence-corrected chi connectivity index (χ2v) is 5.08. The van der Waals surface area contributed by atoms with Crippen molar-refractivity contribution in [3.63, 3.8) is 0 Å². The van der Waals surface area contributed by atoms with Gasteiger partial charge in [0.25, 0.3) is 0 Å². The van der Waals surface area contributed by atoms with Crippen molar-refractivity contribution in [1.82, 2.24) is 14.8 Å². The maximum absolute atomic E-state index is 13.6. The SMILES string of the molecule is CC(C)n1ncnc1CC(N)Cc1c(F)cccc1F. The summed E-state index contributed by atoms with van der Waals surface area (Å²) >= 11 is 0. The van der Waals surface area contributed by atoms with Crippen LogP contribution in [0.5, 0.6) is 0 Å². The lowest BCUT2D eigenvalue weighted by molar-refractivity contribution is 0.482. The van der Waals surface area contributed by atoms with Crippen molar-refractivity contribution in [2.24, 2.45) is 5.73 Å². The molecule has 0 radical (unpaired) electrons. The minimum absolute atomic E-state index is 0.0237. The molecule has 0 aliphatic rings. The zero-order chi connectivity index (χ0) is 14.7. The summed E-state index contributed by atoms with van der Waals surface area (Å²) in [6.07, 6.45) is 2.02. The van der Waals surface area contributed by atoms with Crippen LogP contribution in [0.25, 0.3) is 0 Å². The smallest absolute Gasteiger partial charge is 0.138 e. The number of benzene rings is 1. The summed E-state index contributed by atoms with van der Waals surface area (Å²) in [4.78, 5) is 4.15. The van der Waals surface area contributed by atoms with Gasteiger partial charge in [0.1, 0.15) is 23.8 Å². The molecule has 1 heterocycles. The molecule has 20 heavy (non-hydrogen) atoms. The molecule has 1 unspecified atom stereocenters. The summed E-state index contributed by atoms with van der Waals surface area (Å²) in [6, 6.07) is 3.58. The molecule has 6 heteroatoms. The van der Waals surface area contributed by atoms with E-state index >= 15 is 0 Å². The minimum atomic E-state index is -0.564. The van der Waals surface area contributed by atoms with Crippen LogP contribution < -0.4 is 5.73 Å². The van der Waals surface area contributed by atoms with Crippen LogP contribution in [0.15, 0.2) is 24.5 Å². The van der Waals surface area contributed by atoms with Gasteiger partial charge in [-0.05, 0) is 32.4 Å². The molecule has 0 fully saturated rings. The van der Waals surface area contributed by atoms with E-state index in [2.05, 4.69) is 10.1 Å². The molecular formula is C14H18F2N4. The van der Waals surface area contributed by atoms with E-state index in [4.69, 9.17) is 5.73 Å². The molecule has 0 spiro atoms. The van der Waals surface area contributed by atoms with E-state index in [9.17, 15) is 8.78 Å². The van der Waals surface area contributed by atoms with E-state index in [1.165, 1.54) is 24.5 Å². The van der Waals surface area contributed by atoms with Crippen LogP contribution >= 0.6 is 0 Å². The first-order valence-electron chi connectivity index (χ1n) is 6.56. The topological polar surface area (TPSA) is 56.7 Å². The standard InChI is InChI=1S/C14H18F2N4/c1-9(2)20-14(18-8-19-20)7-10(17)6-11-12(15)4-3-5-13(11)16/h3-5,8-10H,6-7,17H2,1-2H3. The highest BCUT2D eigenvalue weighted by Crippen LogP contribution is 2.15. The Labute approximate surface area is 116 Å². The lowest BCUT2D eigenvalue weighted by Gasteiger charge is -2.14. The first-order valence-corrected chi connectivity index (χ1v) is 6.56. The molecule has 0 bridgehead atoms. The van der Waals surface area contributed by atoms with E-state index in [1.807, 2.05) is 13.8 Å². The highest BCUT2D eigenvalue weighted by Gasteiger charge is 2.16. The monoisotopic (exact) mass is 280 g/mol. The maximum atomic E-state index is 13.6. The third kappa shape index (κ3) is 3.19. The van der Waals surface area contributed by atoms with Crippen LogP contribution in [0, 0.1) is 11.6 Å². The second-order valence-electron chi connectivity index (χ2n) is 5.08. The predicted molar refractivity (Wildman–Crippen MR) is 72.1 cm³/mol. The Morgan fingerprint density at radius 1 is 1.20 bits per heavy atom. The van der Waals surface area contributed by atoms with Gasteiger partial charge in [0, 0.05) is 24.1 Å². The first kappa shape index (κ1) is 14.6. The van der Waals surface area contributed by atoms with Crippen molar-refractivity contribution >= 4 is 0 Å². The largest absolute Gasteiger partial charge is 0.327 e. The average Bonchev–Trinajstić information content (AvgIpc) is 2.82. The predicted octanol–water partition coefficient (Wildman–Crippen LogP) is 2.25. The van der Waals surface area contributed by atoms with Gasteiger partial charge in [-0.3, -0.25) is 0 Å². The summed E-state index contributed by atoms with van der Waals surface area (Å²) in [6.45, 7) is 3.97. The van der Waals surface area contributed by atoms with Gasteiger partial charge in [0.05, 0.1) is 0 Å². The summed E-state index contributed by atoms with van der Waals surface area (Å²) in [5.41, 5.74) is 6.01. The Balaban J connectivity index is 2.09.